The van der Waals surface area contributed by atoms with Gasteiger partial charge in [0, 0.05) is 11.1 Å². The van der Waals surface area contributed by atoms with E-state index in [1.54, 1.807) is 0 Å². The van der Waals surface area contributed by atoms with E-state index in [2.05, 4.69) is 31.2 Å². The van der Waals surface area contributed by atoms with Crippen LogP contribution in [0.1, 0.15) is 18.9 Å². The Morgan fingerprint density at radius 3 is 2.43 bits per heavy atom. The number of hydrogen-bond donors (Lipinski definition) is 1. The van der Waals surface area contributed by atoms with Crippen LogP contribution in [0, 0.1) is 0 Å². The van der Waals surface area contributed by atoms with Crippen LogP contribution in [0.3, 0.4) is 0 Å². The van der Waals surface area contributed by atoms with Gasteiger partial charge in [0.1, 0.15) is 0 Å². The monoisotopic (exact) mass is 185 g/mol. The molecular formula is C13H15N. The maximum atomic E-state index is 5.92. The minimum absolute atomic E-state index is 0.875. The maximum absolute atomic E-state index is 5.92. The second-order valence-corrected chi connectivity index (χ2v) is 3.61. The van der Waals surface area contributed by atoms with Gasteiger partial charge in [-0.15, -0.1) is 0 Å². The summed E-state index contributed by atoms with van der Waals surface area (Å²) in [5.74, 6) is 0. The van der Waals surface area contributed by atoms with Crippen molar-refractivity contribution in [2.45, 2.75) is 19.8 Å². The molecule has 0 amide bonds. The molecule has 1 heteroatoms. The fourth-order valence-electron chi connectivity index (χ4n) is 1.87. The lowest BCUT2D eigenvalue weighted by Gasteiger charge is -2.07. The average Bonchev–Trinajstić information content (AvgIpc) is 2.23. The van der Waals surface area contributed by atoms with Crippen LogP contribution < -0.4 is 5.73 Å². The molecule has 0 aliphatic rings. The van der Waals surface area contributed by atoms with Gasteiger partial charge in [-0.2, -0.15) is 0 Å². The second-order valence-electron chi connectivity index (χ2n) is 3.61. The molecule has 2 aromatic rings. The number of rotatable bonds is 2. The third kappa shape index (κ3) is 1.46. The molecule has 0 radical (unpaired) electrons. The summed E-state index contributed by atoms with van der Waals surface area (Å²) < 4.78 is 0. The van der Waals surface area contributed by atoms with Gasteiger partial charge < -0.3 is 5.73 Å². The summed E-state index contributed by atoms with van der Waals surface area (Å²) in [6.45, 7) is 2.20. The van der Waals surface area contributed by atoms with Crippen LogP contribution in [0.5, 0.6) is 0 Å². The van der Waals surface area contributed by atoms with Gasteiger partial charge in [0.25, 0.3) is 0 Å². The molecule has 0 saturated carbocycles. The lowest BCUT2D eigenvalue weighted by Crippen LogP contribution is -1.91. The molecule has 2 N–H and O–H groups in total. The molecule has 0 atom stereocenters. The van der Waals surface area contributed by atoms with Crippen molar-refractivity contribution in [3.8, 4) is 0 Å². The Kier molecular flexibility index (Phi) is 2.40. The number of fused-ring (bicyclic) bond motifs is 1. The van der Waals surface area contributed by atoms with E-state index in [-0.39, 0.29) is 0 Å². The summed E-state index contributed by atoms with van der Waals surface area (Å²) >= 11 is 0. The summed E-state index contributed by atoms with van der Waals surface area (Å²) in [6, 6.07) is 12.5. The second kappa shape index (κ2) is 3.70. The van der Waals surface area contributed by atoms with E-state index in [1.807, 2.05) is 12.1 Å². The SMILES string of the molecule is CCCc1ccc(N)c2ccccc12. The predicted molar refractivity (Wildman–Crippen MR) is 62.4 cm³/mol. The Morgan fingerprint density at radius 1 is 1.00 bits per heavy atom. The van der Waals surface area contributed by atoms with Crippen molar-refractivity contribution in [1.82, 2.24) is 0 Å². The summed E-state index contributed by atoms with van der Waals surface area (Å²) in [5, 5.41) is 2.48. The standard InChI is InChI=1S/C13H15N/c1-2-5-10-8-9-13(14)12-7-4-3-6-11(10)12/h3-4,6-9H,2,5,14H2,1H3. The van der Waals surface area contributed by atoms with E-state index in [9.17, 15) is 0 Å². The number of anilines is 1. The Balaban J connectivity index is 2.68. The van der Waals surface area contributed by atoms with E-state index in [1.165, 1.54) is 22.8 Å². The Hall–Kier alpha value is -1.50. The Morgan fingerprint density at radius 2 is 1.71 bits per heavy atom. The van der Waals surface area contributed by atoms with Crippen molar-refractivity contribution in [3.63, 3.8) is 0 Å². The average molecular weight is 185 g/mol. The molecule has 0 aromatic heterocycles. The molecule has 2 aromatic carbocycles. The van der Waals surface area contributed by atoms with E-state index in [0.29, 0.717) is 0 Å². The molecule has 0 aliphatic carbocycles. The Labute approximate surface area is 84.5 Å². The number of hydrogen-bond acceptors (Lipinski definition) is 1. The highest BCUT2D eigenvalue weighted by molar-refractivity contribution is 5.95. The summed E-state index contributed by atoms with van der Waals surface area (Å²) in [7, 11) is 0. The highest BCUT2D eigenvalue weighted by Gasteiger charge is 2.01. The number of aryl methyl sites for hydroxylation is 1. The van der Waals surface area contributed by atoms with Crippen LogP contribution in [0.25, 0.3) is 10.8 Å². The molecule has 0 spiro atoms. The van der Waals surface area contributed by atoms with Crippen molar-refractivity contribution in [1.29, 1.82) is 0 Å². The molecule has 0 saturated heterocycles. The van der Waals surface area contributed by atoms with Crippen LogP contribution in [0.2, 0.25) is 0 Å². The van der Waals surface area contributed by atoms with Crippen molar-refractivity contribution in [2.24, 2.45) is 0 Å². The van der Waals surface area contributed by atoms with Gasteiger partial charge >= 0.3 is 0 Å². The molecule has 14 heavy (non-hydrogen) atoms. The van der Waals surface area contributed by atoms with Crippen LogP contribution >= 0.6 is 0 Å². The normalized spacial score (nSPS) is 10.6. The van der Waals surface area contributed by atoms with Crippen molar-refractivity contribution in [2.75, 3.05) is 5.73 Å². The van der Waals surface area contributed by atoms with Crippen molar-refractivity contribution >= 4 is 16.5 Å². The minimum atomic E-state index is 0.875. The third-order valence-electron chi connectivity index (χ3n) is 2.57. The fourth-order valence-corrected chi connectivity index (χ4v) is 1.87. The smallest absolute Gasteiger partial charge is 0.0393 e. The number of benzene rings is 2. The molecule has 0 bridgehead atoms. The van der Waals surface area contributed by atoms with Crippen molar-refractivity contribution < 1.29 is 0 Å². The van der Waals surface area contributed by atoms with Gasteiger partial charge in [-0.05, 0) is 23.4 Å². The molecule has 0 aliphatic heterocycles. The molecule has 0 fully saturated rings. The van der Waals surface area contributed by atoms with Crippen LogP contribution in [0.4, 0.5) is 5.69 Å². The van der Waals surface area contributed by atoms with Crippen molar-refractivity contribution in [3.05, 3.63) is 42.0 Å². The van der Waals surface area contributed by atoms with Gasteiger partial charge in [0.05, 0.1) is 0 Å². The summed E-state index contributed by atoms with van der Waals surface area (Å²) in [4.78, 5) is 0. The summed E-state index contributed by atoms with van der Waals surface area (Å²) in [6.07, 6.45) is 2.30. The largest absolute Gasteiger partial charge is 0.398 e. The predicted octanol–water partition coefficient (Wildman–Crippen LogP) is 3.37. The van der Waals surface area contributed by atoms with E-state index in [0.717, 1.165) is 12.1 Å². The lowest BCUT2D eigenvalue weighted by molar-refractivity contribution is 0.930. The number of nitrogen functional groups attached to an aromatic ring is 1. The zero-order valence-corrected chi connectivity index (χ0v) is 8.46. The zero-order valence-electron chi connectivity index (χ0n) is 8.46. The molecule has 0 heterocycles. The topological polar surface area (TPSA) is 26.0 Å². The van der Waals surface area contributed by atoms with Gasteiger partial charge in [-0.25, -0.2) is 0 Å². The highest BCUT2D eigenvalue weighted by atomic mass is 14.5. The highest BCUT2D eigenvalue weighted by Crippen LogP contribution is 2.25. The summed E-state index contributed by atoms with van der Waals surface area (Å²) in [5.41, 5.74) is 8.20. The lowest BCUT2D eigenvalue weighted by atomic mass is 10.00. The molecule has 72 valence electrons. The Bertz CT molecular complexity index is 446. The van der Waals surface area contributed by atoms with Gasteiger partial charge in [0.2, 0.25) is 0 Å². The van der Waals surface area contributed by atoms with Crippen LogP contribution in [-0.2, 0) is 6.42 Å². The quantitative estimate of drug-likeness (QED) is 0.713. The van der Waals surface area contributed by atoms with Gasteiger partial charge in [0.15, 0.2) is 0 Å². The van der Waals surface area contributed by atoms with Crippen LogP contribution in [0.15, 0.2) is 36.4 Å². The van der Waals surface area contributed by atoms with Gasteiger partial charge in [-0.1, -0.05) is 43.7 Å². The number of nitrogens with two attached hydrogens (primary N) is 1. The maximum Gasteiger partial charge on any atom is 0.0393 e. The first-order valence-corrected chi connectivity index (χ1v) is 5.09. The van der Waals surface area contributed by atoms with Gasteiger partial charge in [-0.3, -0.25) is 0 Å². The first-order chi connectivity index (χ1) is 6.83. The zero-order chi connectivity index (χ0) is 9.97. The molecule has 1 nitrogen and oxygen atoms in total. The molecular weight excluding hydrogens is 170 g/mol. The van der Waals surface area contributed by atoms with Crippen LogP contribution in [-0.4, -0.2) is 0 Å². The third-order valence-corrected chi connectivity index (χ3v) is 2.57. The van der Waals surface area contributed by atoms with E-state index < -0.39 is 0 Å². The fraction of sp³-hybridized carbons (Fsp3) is 0.231. The molecule has 0 unspecified atom stereocenters. The van der Waals surface area contributed by atoms with E-state index >= 15 is 0 Å². The molecule has 2 rings (SSSR count). The first kappa shape index (κ1) is 9.07. The van der Waals surface area contributed by atoms with E-state index in [4.69, 9.17) is 5.73 Å². The minimum Gasteiger partial charge on any atom is -0.398 e. The first-order valence-electron chi connectivity index (χ1n) is 5.09.